The largest absolute Gasteiger partial charge is 0.496 e. The van der Waals surface area contributed by atoms with Gasteiger partial charge in [-0.05, 0) is 43.7 Å². The highest BCUT2D eigenvalue weighted by molar-refractivity contribution is 9.10. The van der Waals surface area contributed by atoms with Gasteiger partial charge >= 0.3 is 0 Å². The third-order valence-electron chi connectivity index (χ3n) is 3.63. The lowest BCUT2D eigenvalue weighted by Crippen LogP contribution is -2.49. The lowest BCUT2D eigenvalue weighted by Gasteiger charge is -2.33. The standard InChI is InChI=1S/C14H21BrN2O/c1-17-8-7-16-10-13(17)5-3-11-9-12(15)4-6-14(11)18-2/h4,6,9,13,16H,3,5,7-8,10H2,1-2H3. The van der Waals surface area contributed by atoms with Crippen LogP contribution in [0.1, 0.15) is 12.0 Å². The molecule has 4 heteroatoms. The van der Waals surface area contributed by atoms with Crippen molar-refractivity contribution >= 4 is 15.9 Å². The van der Waals surface area contributed by atoms with Gasteiger partial charge in [-0.1, -0.05) is 15.9 Å². The van der Waals surface area contributed by atoms with Gasteiger partial charge in [0.2, 0.25) is 0 Å². The Morgan fingerprint density at radius 3 is 3.06 bits per heavy atom. The molecule has 100 valence electrons. The van der Waals surface area contributed by atoms with Gasteiger partial charge in [-0.25, -0.2) is 0 Å². The average molecular weight is 313 g/mol. The van der Waals surface area contributed by atoms with Crippen molar-refractivity contribution < 1.29 is 4.74 Å². The van der Waals surface area contributed by atoms with Gasteiger partial charge in [0.25, 0.3) is 0 Å². The molecule has 0 spiro atoms. The van der Waals surface area contributed by atoms with E-state index in [1.807, 2.05) is 12.1 Å². The van der Waals surface area contributed by atoms with Gasteiger partial charge in [-0.3, -0.25) is 0 Å². The molecule has 1 aliphatic rings. The number of aryl methyl sites for hydroxylation is 1. The number of hydrogen-bond acceptors (Lipinski definition) is 3. The molecule has 18 heavy (non-hydrogen) atoms. The molecule has 0 amide bonds. The van der Waals surface area contributed by atoms with Crippen molar-refractivity contribution in [1.29, 1.82) is 0 Å². The first-order valence-electron chi connectivity index (χ1n) is 6.44. The van der Waals surface area contributed by atoms with Crippen molar-refractivity contribution in [2.75, 3.05) is 33.8 Å². The fraction of sp³-hybridized carbons (Fsp3) is 0.571. The lowest BCUT2D eigenvalue weighted by molar-refractivity contribution is 0.190. The van der Waals surface area contributed by atoms with Crippen LogP contribution in [0.4, 0.5) is 0 Å². The summed E-state index contributed by atoms with van der Waals surface area (Å²) in [6.07, 6.45) is 2.22. The van der Waals surface area contributed by atoms with Crippen molar-refractivity contribution in [2.45, 2.75) is 18.9 Å². The van der Waals surface area contributed by atoms with Crippen molar-refractivity contribution in [1.82, 2.24) is 10.2 Å². The number of piperazine rings is 1. The number of likely N-dealkylation sites (N-methyl/N-ethyl adjacent to an activating group) is 1. The van der Waals surface area contributed by atoms with Crippen LogP contribution in [0.3, 0.4) is 0 Å². The smallest absolute Gasteiger partial charge is 0.122 e. The van der Waals surface area contributed by atoms with Crippen molar-refractivity contribution in [3.05, 3.63) is 28.2 Å². The van der Waals surface area contributed by atoms with Crippen LogP contribution >= 0.6 is 15.9 Å². The average Bonchev–Trinajstić information content (AvgIpc) is 2.38. The third kappa shape index (κ3) is 3.46. The number of hydrogen-bond donors (Lipinski definition) is 1. The van der Waals surface area contributed by atoms with Crippen LogP contribution < -0.4 is 10.1 Å². The molecule has 3 nitrogen and oxygen atoms in total. The maximum absolute atomic E-state index is 5.42. The zero-order valence-corrected chi connectivity index (χ0v) is 12.7. The fourth-order valence-electron chi connectivity index (χ4n) is 2.45. The van der Waals surface area contributed by atoms with Gasteiger partial charge in [0, 0.05) is 30.1 Å². The predicted molar refractivity (Wildman–Crippen MR) is 78.3 cm³/mol. The predicted octanol–water partition coefficient (Wildman–Crippen LogP) is 2.29. The minimum absolute atomic E-state index is 0.627. The molecule has 1 aliphatic heterocycles. The van der Waals surface area contributed by atoms with Gasteiger partial charge in [-0.2, -0.15) is 0 Å². The Labute approximate surface area is 118 Å². The maximum Gasteiger partial charge on any atom is 0.122 e. The molecule has 0 saturated carbocycles. The van der Waals surface area contributed by atoms with Crippen molar-refractivity contribution in [3.8, 4) is 5.75 Å². The third-order valence-corrected chi connectivity index (χ3v) is 4.13. The summed E-state index contributed by atoms with van der Waals surface area (Å²) in [6, 6.07) is 6.84. The Morgan fingerprint density at radius 1 is 1.50 bits per heavy atom. The maximum atomic E-state index is 5.42. The molecule has 1 aromatic carbocycles. The van der Waals surface area contributed by atoms with E-state index in [1.54, 1.807) is 7.11 Å². The highest BCUT2D eigenvalue weighted by atomic mass is 79.9. The van der Waals surface area contributed by atoms with E-state index < -0.39 is 0 Å². The summed E-state index contributed by atoms with van der Waals surface area (Å²) in [5, 5.41) is 3.46. The number of benzene rings is 1. The van der Waals surface area contributed by atoms with E-state index in [-0.39, 0.29) is 0 Å². The van der Waals surface area contributed by atoms with E-state index in [9.17, 15) is 0 Å². The number of rotatable bonds is 4. The summed E-state index contributed by atoms with van der Waals surface area (Å²) >= 11 is 3.53. The Kier molecular flexibility index (Phi) is 5.03. The van der Waals surface area contributed by atoms with Crippen LogP contribution in [-0.2, 0) is 6.42 Å². The molecule has 1 aromatic rings. The Balaban J connectivity index is 1.98. The second kappa shape index (κ2) is 6.55. The van der Waals surface area contributed by atoms with E-state index in [4.69, 9.17) is 4.74 Å². The van der Waals surface area contributed by atoms with E-state index >= 15 is 0 Å². The van der Waals surface area contributed by atoms with Gasteiger partial charge in [0.15, 0.2) is 0 Å². The zero-order valence-electron chi connectivity index (χ0n) is 11.1. The number of methoxy groups -OCH3 is 1. The number of nitrogens with one attached hydrogen (secondary N) is 1. The summed E-state index contributed by atoms with van der Waals surface area (Å²) in [5.41, 5.74) is 1.28. The Hall–Kier alpha value is -0.580. The zero-order chi connectivity index (χ0) is 13.0. The number of halogens is 1. The van der Waals surface area contributed by atoms with Crippen LogP contribution in [0.25, 0.3) is 0 Å². The van der Waals surface area contributed by atoms with E-state index in [0.717, 1.165) is 42.7 Å². The second-order valence-electron chi connectivity index (χ2n) is 4.83. The first-order chi connectivity index (χ1) is 8.70. The molecule has 1 N–H and O–H groups in total. The molecule has 0 aliphatic carbocycles. The first kappa shape index (κ1) is 13.8. The van der Waals surface area contributed by atoms with Crippen LogP contribution in [0.15, 0.2) is 22.7 Å². The number of nitrogens with zero attached hydrogens (tertiary/aromatic N) is 1. The fourth-order valence-corrected chi connectivity index (χ4v) is 2.86. The normalized spacial score (nSPS) is 20.9. The molecule has 0 aromatic heterocycles. The summed E-state index contributed by atoms with van der Waals surface area (Å²) in [7, 11) is 3.95. The molecule has 1 saturated heterocycles. The Bertz CT molecular complexity index is 397. The van der Waals surface area contributed by atoms with Gasteiger partial charge in [-0.15, -0.1) is 0 Å². The summed E-state index contributed by atoms with van der Waals surface area (Å²) in [4.78, 5) is 2.45. The van der Waals surface area contributed by atoms with E-state index in [0.29, 0.717) is 6.04 Å². The van der Waals surface area contributed by atoms with Crippen molar-refractivity contribution in [3.63, 3.8) is 0 Å². The summed E-state index contributed by atoms with van der Waals surface area (Å²) in [6.45, 7) is 3.33. The monoisotopic (exact) mass is 312 g/mol. The quantitative estimate of drug-likeness (QED) is 0.923. The molecule has 0 bridgehead atoms. The Morgan fingerprint density at radius 2 is 2.33 bits per heavy atom. The van der Waals surface area contributed by atoms with Crippen LogP contribution in [0, 0.1) is 0 Å². The molecule has 1 heterocycles. The molecule has 0 radical (unpaired) electrons. The lowest BCUT2D eigenvalue weighted by atomic mass is 10.0. The van der Waals surface area contributed by atoms with E-state index in [1.165, 1.54) is 5.56 Å². The van der Waals surface area contributed by atoms with Gasteiger partial charge in [0.1, 0.15) is 5.75 Å². The van der Waals surface area contributed by atoms with Crippen LogP contribution in [-0.4, -0.2) is 44.7 Å². The van der Waals surface area contributed by atoms with Gasteiger partial charge in [0.05, 0.1) is 7.11 Å². The second-order valence-corrected chi connectivity index (χ2v) is 5.75. The molecule has 1 fully saturated rings. The van der Waals surface area contributed by atoms with Crippen LogP contribution in [0.5, 0.6) is 5.75 Å². The van der Waals surface area contributed by atoms with E-state index in [2.05, 4.69) is 39.3 Å². The molecule has 2 rings (SSSR count). The number of ether oxygens (including phenoxy) is 1. The SMILES string of the molecule is COc1ccc(Br)cc1CCC1CNCCN1C. The van der Waals surface area contributed by atoms with Crippen molar-refractivity contribution in [2.24, 2.45) is 0 Å². The molecular weight excluding hydrogens is 292 g/mol. The highest BCUT2D eigenvalue weighted by Gasteiger charge is 2.18. The minimum Gasteiger partial charge on any atom is -0.496 e. The van der Waals surface area contributed by atoms with Crippen LogP contribution in [0.2, 0.25) is 0 Å². The highest BCUT2D eigenvalue weighted by Crippen LogP contribution is 2.25. The topological polar surface area (TPSA) is 24.5 Å². The summed E-state index contributed by atoms with van der Waals surface area (Å²) in [5.74, 6) is 0.990. The van der Waals surface area contributed by atoms with Gasteiger partial charge < -0.3 is 15.0 Å². The molecule has 1 unspecified atom stereocenters. The first-order valence-corrected chi connectivity index (χ1v) is 7.23. The molecule has 1 atom stereocenters. The molecular formula is C14H21BrN2O. The minimum atomic E-state index is 0.627. The summed E-state index contributed by atoms with van der Waals surface area (Å²) < 4.78 is 6.54.